The zero-order valence-electron chi connectivity index (χ0n) is 10.3. The van der Waals surface area contributed by atoms with Gasteiger partial charge in [-0.15, -0.1) is 0 Å². The Bertz CT molecular complexity index is 542. The van der Waals surface area contributed by atoms with Crippen LogP contribution < -0.4 is 5.73 Å². The second-order valence-corrected chi connectivity index (χ2v) is 4.63. The Balaban J connectivity index is 2.81. The zero-order chi connectivity index (χ0) is 11.9. The first-order chi connectivity index (χ1) is 7.49. The van der Waals surface area contributed by atoms with Crippen LogP contribution in [0.15, 0.2) is 18.2 Å². The number of aromatic nitrogens is 1. The van der Waals surface area contributed by atoms with Gasteiger partial charge in [0.2, 0.25) is 0 Å². The Morgan fingerprint density at radius 1 is 1.06 bits per heavy atom. The summed E-state index contributed by atoms with van der Waals surface area (Å²) in [6, 6.07) is 6.41. The molecule has 0 bridgehead atoms. The number of nitrogens with zero attached hydrogens (tertiary/aromatic N) is 1. The van der Waals surface area contributed by atoms with Gasteiger partial charge in [0.15, 0.2) is 0 Å². The van der Waals surface area contributed by atoms with E-state index in [1.54, 1.807) is 0 Å². The predicted octanol–water partition coefficient (Wildman–Crippen LogP) is 3.18. The molecule has 1 aromatic carbocycles. The lowest BCUT2D eigenvalue weighted by Gasteiger charge is -2.11. The van der Waals surface area contributed by atoms with Crippen LogP contribution in [0.5, 0.6) is 0 Å². The highest BCUT2D eigenvalue weighted by Crippen LogP contribution is 2.24. The monoisotopic (exact) mass is 214 g/mol. The number of benzene rings is 1. The molecule has 1 unspecified atom stereocenters. The smallest absolute Gasteiger partial charge is 0.0713 e. The van der Waals surface area contributed by atoms with Crippen molar-refractivity contribution in [3.05, 3.63) is 40.6 Å². The average Bonchev–Trinajstić information content (AvgIpc) is 2.15. The van der Waals surface area contributed by atoms with Crippen LogP contribution in [0.25, 0.3) is 10.9 Å². The van der Waals surface area contributed by atoms with Gasteiger partial charge in [-0.1, -0.05) is 6.07 Å². The predicted molar refractivity (Wildman–Crippen MR) is 68.6 cm³/mol. The molecule has 84 valence electrons. The normalized spacial score (nSPS) is 13.1. The molecular formula is C14H18N2. The van der Waals surface area contributed by atoms with E-state index in [4.69, 9.17) is 5.73 Å². The molecule has 16 heavy (non-hydrogen) atoms. The maximum atomic E-state index is 5.89. The highest BCUT2D eigenvalue weighted by atomic mass is 14.8. The minimum atomic E-state index is -0.0103. The van der Waals surface area contributed by atoms with Crippen molar-refractivity contribution in [2.24, 2.45) is 5.73 Å². The molecule has 2 aromatic rings. The molecular weight excluding hydrogens is 196 g/mol. The molecule has 0 aliphatic rings. The summed E-state index contributed by atoms with van der Waals surface area (Å²) in [7, 11) is 0. The zero-order valence-corrected chi connectivity index (χ0v) is 10.3. The third-order valence-corrected chi connectivity index (χ3v) is 2.93. The molecule has 0 amide bonds. The van der Waals surface area contributed by atoms with Crippen molar-refractivity contribution in [3.8, 4) is 0 Å². The van der Waals surface area contributed by atoms with Crippen molar-refractivity contribution < 1.29 is 0 Å². The van der Waals surface area contributed by atoms with Gasteiger partial charge in [0, 0.05) is 11.4 Å². The van der Waals surface area contributed by atoms with Crippen LogP contribution >= 0.6 is 0 Å². The fourth-order valence-corrected chi connectivity index (χ4v) is 2.24. The maximum absolute atomic E-state index is 5.89. The van der Waals surface area contributed by atoms with E-state index in [1.807, 2.05) is 6.92 Å². The second-order valence-electron chi connectivity index (χ2n) is 4.63. The summed E-state index contributed by atoms with van der Waals surface area (Å²) in [5.41, 5.74) is 11.7. The van der Waals surface area contributed by atoms with Crippen LogP contribution in [0.3, 0.4) is 0 Å². The van der Waals surface area contributed by atoms with Crippen molar-refractivity contribution in [1.82, 2.24) is 4.98 Å². The fourth-order valence-electron chi connectivity index (χ4n) is 2.24. The molecule has 0 saturated carbocycles. The molecule has 0 aliphatic heterocycles. The van der Waals surface area contributed by atoms with Crippen molar-refractivity contribution in [3.63, 3.8) is 0 Å². The Kier molecular flexibility index (Phi) is 2.68. The minimum Gasteiger partial charge on any atom is -0.323 e. The van der Waals surface area contributed by atoms with Gasteiger partial charge in [0.05, 0.1) is 11.2 Å². The fraction of sp³-hybridized carbons (Fsp3) is 0.357. The van der Waals surface area contributed by atoms with Gasteiger partial charge < -0.3 is 5.73 Å². The Morgan fingerprint density at radius 2 is 1.69 bits per heavy atom. The van der Waals surface area contributed by atoms with Gasteiger partial charge in [-0.2, -0.15) is 0 Å². The quantitative estimate of drug-likeness (QED) is 0.791. The Morgan fingerprint density at radius 3 is 2.31 bits per heavy atom. The summed E-state index contributed by atoms with van der Waals surface area (Å²) < 4.78 is 0. The van der Waals surface area contributed by atoms with Crippen LogP contribution in [0.1, 0.15) is 35.3 Å². The molecule has 1 atom stereocenters. The molecule has 0 saturated heterocycles. The number of aryl methyl sites for hydroxylation is 3. The van der Waals surface area contributed by atoms with Crippen molar-refractivity contribution in [1.29, 1.82) is 0 Å². The lowest BCUT2D eigenvalue weighted by Crippen LogP contribution is -2.08. The summed E-state index contributed by atoms with van der Waals surface area (Å²) in [6.07, 6.45) is 0. The summed E-state index contributed by atoms with van der Waals surface area (Å²) in [5.74, 6) is 0. The SMILES string of the molecule is Cc1cc(C)c2c(C)cc(C(C)N)nc2c1. The Labute approximate surface area is 96.5 Å². The number of hydrogen-bond donors (Lipinski definition) is 1. The van der Waals surface area contributed by atoms with Crippen molar-refractivity contribution in [2.45, 2.75) is 33.7 Å². The Hall–Kier alpha value is -1.41. The van der Waals surface area contributed by atoms with E-state index in [9.17, 15) is 0 Å². The highest BCUT2D eigenvalue weighted by Gasteiger charge is 2.08. The summed E-state index contributed by atoms with van der Waals surface area (Å²) >= 11 is 0. The lowest BCUT2D eigenvalue weighted by atomic mass is 10.0. The summed E-state index contributed by atoms with van der Waals surface area (Å²) in [4.78, 5) is 4.63. The molecule has 1 aromatic heterocycles. The average molecular weight is 214 g/mol. The van der Waals surface area contributed by atoms with E-state index < -0.39 is 0 Å². The van der Waals surface area contributed by atoms with Crippen molar-refractivity contribution >= 4 is 10.9 Å². The molecule has 0 radical (unpaired) electrons. The molecule has 0 spiro atoms. The molecule has 2 N–H and O–H groups in total. The van der Waals surface area contributed by atoms with E-state index in [-0.39, 0.29) is 6.04 Å². The third kappa shape index (κ3) is 1.81. The van der Waals surface area contributed by atoms with Crippen LogP contribution in [-0.4, -0.2) is 4.98 Å². The van der Waals surface area contributed by atoms with Crippen LogP contribution in [0, 0.1) is 20.8 Å². The number of nitrogens with two attached hydrogens (primary N) is 1. The van der Waals surface area contributed by atoms with Crippen LogP contribution in [0.2, 0.25) is 0 Å². The molecule has 2 nitrogen and oxygen atoms in total. The van der Waals surface area contributed by atoms with Crippen LogP contribution in [-0.2, 0) is 0 Å². The maximum Gasteiger partial charge on any atom is 0.0713 e. The molecule has 2 heteroatoms. The van der Waals surface area contributed by atoms with Crippen molar-refractivity contribution in [2.75, 3.05) is 0 Å². The van der Waals surface area contributed by atoms with E-state index in [0.29, 0.717) is 0 Å². The standard InChI is InChI=1S/C14H18N2/c1-8-5-9(2)14-10(3)7-12(11(4)15)16-13(14)6-8/h5-7,11H,15H2,1-4H3. The van der Waals surface area contributed by atoms with E-state index in [2.05, 4.69) is 44.0 Å². The topological polar surface area (TPSA) is 38.9 Å². The first kappa shape index (κ1) is 11.1. The number of fused-ring (bicyclic) bond motifs is 1. The van der Waals surface area contributed by atoms with Crippen LogP contribution in [0.4, 0.5) is 0 Å². The van der Waals surface area contributed by atoms with E-state index in [0.717, 1.165) is 11.2 Å². The minimum absolute atomic E-state index is 0.0103. The molecule has 0 aliphatic carbocycles. The largest absolute Gasteiger partial charge is 0.323 e. The van der Waals surface area contributed by atoms with Gasteiger partial charge in [-0.25, -0.2) is 0 Å². The first-order valence-electron chi connectivity index (χ1n) is 5.63. The van der Waals surface area contributed by atoms with Gasteiger partial charge in [-0.3, -0.25) is 4.98 Å². The van der Waals surface area contributed by atoms with E-state index in [1.165, 1.54) is 22.1 Å². The van der Waals surface area contributed by atoms with Gasteiger partial charge in [-0.05, 0) is 56.5 Å². The summed E-state index contributed by atoms with van der Waals surface area (Å²) in [5, 5.41) is 1.26. The first-order valence-corrected chi connectivity index (χ1v) is 5.63. The number of hydrogen-bond acceptors (Lipinski definition) is 2. The molecule has 0 fully saturated rings. The number of rotatable bonds is 1. The summed E-state index contributed by atoms with van der Waals surface area (Å²) in [6.45, 7) is 8.33. The lowest BCUT2D eigenvalue weighted by molar-refractivity contribution is 0.785. The van der Waals surface area contributed by atoms with Gasteiger partial charge in [0.1, 0.15) is 0 Å². The second kappa shape index (κ2) is 3.87. The molecule has 1 heterocycles. The third-order valence-electron chi connectivity index (χ3n) is 2.93. The number of pyridine rings is 1. The molecule has 2 rings (SSSR count). The van der Waals surface area contributed by atoms with Gasteiger partial charge >= 0.3 is 0 Å². The highest BCUT2D eigenvalue weighted by molar-refractivity contribution is 5.86. The van der Waals surface area contributed by atoms with E-state index >= 15 is 0 Å². The van der Waals surface area contributed by atoms with Gasteiger partial charge in [0.25, 0.3) is 0 Å².